The van der Waals surface area contributed by atoms with Crippen molar-refractivity contribution in [2.45, 2.75) is 39.3 Å². The van der Waals surface area contributed by atoms with E-state index in [4.69, 9.17) is 4.74 Å². The summed E-state index contributed by atoms with van der Waals surface area (Å²) in [4.78, 5) is 43.2. The van der Waals surface area contributed by atoms with Crippen LogP contribution in [0.2, 0.25) is 0 Å². The molecule has 8 nitrogen and oxygen atoms in total. The third-order valence-electron chi connectivity index (χ3n) is 5.29. The summed E-state index contributed by atoms with van der Waals surface area (Å²) in [7, 11) is 0. The molecule has 2 aliphatic rings. The van der Waals surface area contributed by atoms with E-state index >= 15 is 0 Å². The van der Waals surface area contributed by atoms with Gasteiger partial charge in [-0.15, -0.1) is 11.3 Å². The maximum atomic E-state index is 12.9. The second kappa shape index (κ2) is 6.41. The van der Waals surface area contributed by atoms with E-state index in [1.54, 1.807) is 36.6 Å². The third-order valence-corrected chi connectivity index (χ3v) is 6.47. The number of fused-ring (bicyclic) bond motifs is 3. The first-order valence-corrected chi connectivity index (χ1v) is 10.2. The van der Waals surface area contributed by atoms with Gasteiger partial charge in [-0.1, -0.05) is 0 Å². The van der Waals surface area contributed by atoms with Gasteiger partial charge in [-0.3, -0.25) is 19.0 Å². The molecule has 2 aliphatic heterocycles. The number of nitrogens with one attached hydrogen (secondary N) is 2. The molecule has 29 heavy (non-hydrogen) atoms. The molecule has 1 aromatic carbocycles. The lowest BCUT2D eigenvalue weighted by Crippen LogP contribution is -2.34. The molecule has 148 valence electrons. The standard InChI is InChI=1S/C20H18N4O4S/c1-9-15-19(23-14-4-3-7-24(14)20(15)27)29-16(9)18(26)21-11-5-6-13-12(8-11)22-17(25)10(2)28-13/h5-6,8,10H,3-4,7H2,1-2H3,(H,21,26)(H,22,25)/t10-/m0/s1. The molecular formula is C20H18N4O4S. The van der Waals surface area contributed by atoms with E-state index < -0.39 is 6.10 Å². The van der Waals surface area contributed by atoms with Gasteiger partial charge in [-0.05, 0) is 44.0 Å². The highest BCUT2D eigenvalue weighted by Crippen LogP contribution is 2.33. The molecule has 4 heterocycles. The molecule has 0 bridgehead atoms. The molecule has 2 amide bonds. The maximum Gasteiger partial charge on any atom is 0.266 e. The van der Waals surface area contributed by atoms with Gasteiger partial charge < -0.3 is 15.4 Å². The van der Waals surface area contributed by atoms with E-state index in [1.165, 1.54) is 11.3 Å². The van der Waals surface area contributed by atoms with Crippen molar-refractivity contribution in [1.29, 1.82) is 0 Å². The van der Waals surface area contributed by atoms with Gasteiger partial charge in [-0.2, -0.15) is 0 Å². The molecule has 1 atom stereocenters. The Hall–Kier alpha value is -3.20. The summed E-state index contributed by atoms with van der Waals surface area (Å²) in [6.07, 6.45) is 1.14. The smallest absolute Gasteiger partial charge is 0.266 e. The Balaban J connectivity index is 1.48. The molecular weight excluding hydrogens is 392 g/mol. The zero-order chi connectivity index (χ0) is 20.3. The fourth-order valence-electron chi connectivity index (χ4n) is 3.77. The lowest BCUT2D eigenvalue weighted by Gasteiger charge is -2.23. The molecule has 9 heteroatoms. The lowest BCUT2D eigenvalue weighted by atomic mass is 10.2. The van der Waals surface area contributed by atoms with Crippen LogP contribution >= 0.6 is 11.3 Å². The van der Waals surface area contributed by atoms with Crippen LogP contribution in [0.15, 0.2) is 23.0 Å². The molecule has 0 unspecified atom stereocenters. The van der Waals surface area contributed by atoms with E-state index in [-0.39, 0.29) is 17.4 Å². The molecule has 2 N–H and O–H groups in total. The summed E-state index contributed by atoms with van der Waals surface area (Å²) in [5.74, 6) is 0.794. The van der Waals surface area contributed by atoms with Crippen LogP contribution in [0, 0.1) is 6.92 Å². The highest BCUT2D eigenvalue weighted by Gasteiger charge is 2.25. The second-order valence-electron chi connectivity index (χ2n) is 7.24. The van der Waals surface area contributed by atoms with E-state index in [0.29, 0.717) is 44.3 Å². The Morgan fingerprint density at radius 3 is 3.03 bits per heavy atom. The molecule has 5 rings (SSSR count). The zero-order valence-corrected chi connectivity index (χ0v) is 16.7. The van der Waals surface area contributed by atoms with Gasteiger partial charge in [0, 0.05) is 18.7 Å². The largest absolute Gasteiger partial charge is 0.479 e. The molecule has 0 aliphatic carbocycles. The predicted molar refractivity (Wildman–Crippen MR) is 110 cm³/mol. The summed E-state index contributed by atoms with van der Waals surface area (Å²) in [5.41, 5.74) is 1.61. The summed E-state index contributed by atoms with van der Waals surface area (Å²) in [6, 6.07) is 5.07. The van der Waals surface area contributed by atoms with Crippen molar-refractivity contribution in [2.75, 3.05) is 10.6 Å². The number of ether oxygens (including phenoxy) is 1. The molecule has 0 radical (unpaired) electrons. The number of anilines is 2. The van der Waals surface area contributed by atoms with E-state index in [1.807, 2.05) is 0 Å². The molecule has 0 saturated carbocycles. The third kappa shape index (κ3) is 2.80. The van der Waals surface area contributed by atoms with Crippen LogP contribution in [0.25, 0.3) is 10.2 Å². The number of carbonyl (C=O) groups excluding carboxylic acids is 2. The van der Waals surface area contributed by atoms with Gasteiger partial charge in [-0.25, -0.2) is 4.98 Å². The van der Waals surface area contributed by atoms with Crippen molar-refractivity contribution in [1.82, 2.24) is 9.55 Å². The number of aryl methyl sites for hydroxylation is 2. The number of aromatic nitrogens is 2. The minimum absolute atomic E-state index is 0.0712. The van der Waals surface area contributed by atoms with Gasteiger partial charge in [0.2, 0.25) is 0 Å². The molecule has 0 spiro atoms. The van der Waals surface area contributed by atoms with Crippen molar-refractivity contribution in [3.63, 3.8) is 0 Å². The second-order valence-corrected chi connectivity index (χ2v) is 8.24. The van der Waals surface area contributed by atoms with Gasteiger partial charge in [0.25, 0.3) is 17.4 Å². The van der Waals surface area contributed by atoms with Gasteiger partial charge >= 0.3 is 0 Å². The quantitative estimate of drug-likeness (QED) is 0.676. The van der Waals surface area contributed by atoms with Gasteiger partial charge in [0.15, 0.2) is 6.10 Å². The maximum absolute atomic E-state index is 12.9. The fourth-order valence-corrected chi connectivity index (χ4v) is 4.85. The molecule has 3 aromatic rings. The molecule has 0 saturated heterocycles. The first kappa shape index (κ1) is 17.9. The predicted octanol–water partition coefficient (Wildman–Crippen LogP) is 2.68. The van der Waals surface area contributed by atoms with Crippen molar-refractivity contribution >= 4 is 44.7 Å². The Labute approximate surface area is 169 Å². The summed E-state index contributed by atoms with van der Waals surface area (Å²) >= 11 is 1.23. The Kier molecular flexibility index (Phi) is 3.95. The van der Waals surface area contributed by atoms with Crippen LogP contribution in [0.4, 0.5) is 11.4 Å². The van der Waals surface area contributed by atoms with Crippen molar-refractivity contribution in [3.8, 4) is 5.75 Å². The van der Waals surface area contributed by atoms with Crippen molar-refractivity contribution < 1.29 is 14.3 Å². The number of thiophene rings is 1. The zero-order valence-electron chi connectivity index (χ0n) is 15.9. The SMILES string of the molecule is Cc1c(C(=O)Nc2ccc3c(c2)NC(=O)[C@H](C)O3)sc2nc3n(c(=O)c12)CCC3. The minimum Gasteiger partial charge on any atom is -0.479 e. The van der Waals surface area contributed by atoms with E-state index in [9.17, 15) is 14.4 Å². The van der Waals surface area contributed by atoms with Gasteiger partial charge in [0.1, 0.15) is 16.4 Å². The van der Waals surface area contributed by atoms with Crippen LogP contribution < -0.4 is 20.9 Å². The van der Waals surface area contributed by atoms with E-state index in [0.717, 1.165) is 18.7 Å². The van der Waals surface area contributed by atoms with E-state index in [2.05, 4.69) is 15.6 Å². The number of benzene rings is 1. The van der Waals surface area contributed by atoms with Crippen molar-refractivity contribution in [3.05, 3.63) is 44.8 Å². The Morgan fingerprint density at radius 2 is 2.21 bits per heavy atom. The topological polar surface area (TPSA) is 102 Å². The Morgan fingerprint density at radius 1 is 1.38 bits per heavy atom. The number of hydrogen-bond acceptors (Lipinski definition) is 6. The average Bonchev–Trinajstić information content (AvgIpc) is 3.28. The van der Waals surface area contributed by atoms with Crippen LogP contribution in [0.5, 0.6) is 5.75 Å². The minimum atomic E-state index is -0.558. The first-order valence-electron chi connectivity index (χ1n) is 9.38. The molecule has 0 fully saturated rings. The fraction of sp³-hybridized carbons (Fsp3) is 0.300. The highest BCUT2D eigenvalue weighted by atomic mass is 32.1. The monoisotopic (exact) mass is 410 g/mol. The number of rotatable bonds is 2. The van der Waals surface area contributed by atoms with Crippen LogP contribution in [0.1, 0.15) is 34.4 Å². The number of amides is 2. The summed E-state index contributed by atoms with van der Waals surface area (Å²) in [6.45, 7) is 4.13. The molecule has 2 aromatic heterocycles. The normalized spacial score (nSPS) is 17.4. The Bertz CT molecular complexity index is 1260. The number of hydrogen-bond donors (Lipinski definition) is 2. The highest BCUT2D eigenvalue weighted by molar-refractivity contribution is 7.20. The van der Waals surface area contributed by atoms with Crippen LogP contribution in [0.3, 0.4) is 0 Å². The average molecular weight is 410 g/mol. The number of nitrogens with zero attached hydrogens (tertiary/aromatic N) is 2. The lowest BCUT2D eigenvalue weighted by molar-refractivity contribution is -0.122. The summed E-state index contributed by atoms with van der Waals surface area (Å²) < 4.78 is 7.24. The van der Waals surface area contributed by atoms with Gasteiger partial charge in [0.05, 0.1) is 16.0 Å². The van der Waals surface area contributed by atoms with Crippen LogP contribution in [-0.4, -0.2) is 27.5 Å². The summed E-state index contributed by atoms with van der Waals surface area (Å²) in [5, 5.41) is 6.12. The van der Waals surface area contributed by atoms with Crippen molar-refractivity contribution in [2.24, 2.45) is 0 Å². The number of carbonyl (C=O) groups is 2. The van der Waals surface area contributed by atoms with Crippen LogP contribution in [-0.2, 0) is 17.8 Å². The first-order chi connectivity index (χ1) is 13.9.